The highest BCUT2D eigenvalue weighted by molar-refractivity contribution is 5.73. The highest BCUT2D eigenvalue weighted by Gasteiger charge is 2.12. The Balaban J connectivity index is 2.79. The molecule has 0 saturated carbocycles. The molecule has 4 heteroatoms. The van der Waals surface area contributed by atoms with Crippen LogP contribution in [0.1, 0.15) is 20.3 Å². The third-order valence-electron chi connectivity index (χ3n) is 1.92. The van der Waals surface area contributed by atoms with Crippen LogP contribution >= 0.6 is 0 Å². The van der Waals surface area contributed by atoms with Gasteiger partial charge in [0.2, 0.25) is 0 Å². The fraction of sp³-hybridized carbons (Fsp3) is 0.417. The zero-order valence-corrected chi connectivity index (χ0v) is 9.62. The van der Waals surface area contributed by atoms with Gasteiger partial charge in [0.25, 0.3) is 0 Å². The predicted octanol–water partition coefficient (Wildman–Crippen LogP) is 2.79. The minimum Gasteiger partial charge on any atom is -0.493 e. The summed E-state index contributed by atoms with van der Waals surface area (Å²) in [6, 6.07) is 3.81. The van der Waals surface area contributed by atoms with E-state index in [2.05, 4.69) is 0 Å². The van der Waals surface area contributed by atoms with Crippen LogP contribution in [0.4, 0.5) is 4.39 Å². The normalized spacial score (nSPS) is 10.3. The Morgan fingerprint density at radius 1 is 1.38 bits per heavy atom. The Hall–Kier alpha value is -1.58. The van der Waals surface area contributed by atoms with E-state index in [9.17, 15) is 9.18 Å². The van der Waals surface area contributed by atoms with Gasteiger partial charge in [0.1, 0.15) is 5.82 Å². The van der Waals surface area contributed by atoms with Gasteiger partial charge in [0.05, 0.1) is 7.11 Å². The summed E-state index contributed by atoms with van der Waals surface area (Å²) in [4.78, 5) is 11.4. The molecule has 0 fully saturated rings. The number of hydrogen-bond donors (Lipinski definition) is 0. The summed E-state index contributed by atoms with van der Waals surface area (Å²) in [6.45, 7) is 3.81. The molecule has 0 radical (unpaired) electrons. The quantitative estimate of drug-likeness (QED) is 0.585. The van der Waals surface area contributed by atoms with Crippen molar-refractivity contribution in [1.82, 2.24) is 0 Å². The molecule has 0 aliphatic heterocycles. The van der Waals surface area contributed by atoms with E-state index in [4.69, 9.17) is 9.47 Å². The van der Waals surface area contributed by atoms with Crippen LogP contribution in [0, 0.1) is 11.7 Å². The molecule has 0 N–H and O–H groups in total. The van der Waals surface area contributed by atoms with Gasteiger partial charge in [-0.15, -0.1) is 0 Å². The summed E-state index contributed by atoms with van der Waals surface area (Å²) >= 11 is 0. The van der Waals surface area contributed by atoms with E-state index >= 15 is 0 Å². The van der Waals surface area contributed by atoms with Crippen molar-refractivity contribution in [1.29, 1.82) is 0 Å². The smallest absolute Gasteiger partial charge is 0.311 e. The molecule has 88 valence electrons. The highest BCUT2D eigenvalue weighted by atomic mass is 19.1. The van der Waals surface area contributed by atoms with Crippen molar-refractivity contribution < 1.29 is 18.7 Å². The predicted molar refractivity (Wildman–Crippen MR) is 58.0 cm³/mol. The molecule has 0 bridgehead atoms. The van der Waals surface area contributed by atoms with Gasteiger partial charge in [-0.3, -0.25) is 4.79 Å². The van der Waals surface area contributed by atoms with Crippen LogP contribution in [-0.2, 0) is 4.79 Å². The number of hydrogen-bond acceptors (Lipinski definition) is 3. The van der Waals surface area contributed by atoms with E-state index in [1.165, 1.54) is 19.2 Å². The zero-order chi connectivity index (χ0) is 12.1. The van der Waals surface area contributed by atoms with Crippen LogP contribution in [0.3, 0.4) is 0 Å². The topological polar surface area (TPSA) is 35.5 Å². The summed E-state index contributed by atoms with van der Waals surface area (Å²) in [5.74, 6) is -0.189. The van der Waals surface area contributed by atoms with Gasteiger partial charge >= 0.3 is 5.97 Å². The monoisotopic (exact) mass is 226 g/mol. The fourth-order valence-electron chi connectivity index (χ4n) is 1.23. The van der Waals surface area contributed by atoms with Gasteiger partial charge in [-0.2, -0.15) is 0 Å². The third kappa shape index (κ3) is 3.53. The number of benzene rings is 1. The average molecular weight is 226 g/mol. The maximum absolute atomic E-state index is 12.9. The van der Waals surface area contributed by atoms with Crippen molar-refractivity contribution in [3.63, 3.8) is 0 Å². The molecule has 0 heterocycles. The molecule has 16 heavy (non-hydrogen) atoms. The minimum atomic E-state index is -0.465. The van der Waals surface area contributed by atoms with Crippen molar-refractivity contribution >= 4 is 5.97 Å². The number of methoxy groups -OCH3 is 1. The molecule has 1 rings (SSSR count). The molecule has 0 spiro atoms. The molecule has 0 unspecified atom stereocenters. The van der Waals surface area contributed by atoms with Crippen LogP contribution in [0.2, 0.25) is 0 Å². The summed E-state index contributed by atoms with van der Waals surface area (Å²) in [5.41, 5.74) is 0. The summed E-state index contributed by atoms with van der Waals surface area (Å²) in [5, 5.41) is 0. The Bertz CT molecular complexity index is 375. The van der Waals surface area contributed by atoms with Gasteiger partial charge in [0, 0.05) is 12.5 Å². The number of rotatable bonds is 4. The van der Waals surface area contributed by atoms with E-state index in [-0.39, 0.29) is 17.6 Å². The molecular weight excluding hydrogens is 211 g/mol. The maximum atomic E-state index is 12.9. The minimum absolute atomic E-state index is 0.119. The van der Waals surface area contributed by atoms with Crippen molar-refractivity contribution in [3.8, 4) is 11.5 Å². The van der Waals surface area contributed by atoms with Gasteiger partial charge in [-0.1, -0.05) is 13.8 Å². The Labute approximate surface area is 94.2 Å². The second-order valence-corrected chi connectivity index (χ2v) is 3.87. The van der Waals surface area contributed by atoms with Crippen molar-refractivity contribution in [3.05, 3.63) is 24.0 Å². The van der Waals surface area contributed by atoms with Gasteiger partial charge in [-0.05, 0) is 18.1 Å². The van der Waals surface area contributed by atoms with E-state index in [0.717, 1.165) is 6.07 Å². The third-order valence-corrected chi connectivity index (χ3v) is 1.92. The molecule has 1 aromatic rings. The van der Waals surface area contributed by atoms with Crippen LogP contribution < -0.4 is 9.47 Å². The second kappa shape index (κ2) is 5.49. The molecule has 0 aliphatic rings. The van der Waals surface area contributed by atoms with E-state index in [0.29, 0.717) is 12.2 Å². The lowest BCUT2D eigenvalue weighted by atomic mass is 10.1. The Morgan fingerprint density at radius 2 is 2.06 bits per heavy atom. The van der Waals surface area contributed by atoms with Crippen LogP contribution in [-0.4, -0.2) is 13.1 Å². The van der Waals surface area contributed by atoms with E-state index in [1.54, 1.807) is 0 Å². The lowest BCUT2D eigenvalue weighted by Gasteiger charge is -2.09. The number of halogens is 1. The summed E-state index contributed by atoms with van der Waals surface area (Å²) in [6.07, 6.45) is 0.291. The Kier molecular flexibility index (Phi) is 4.28. The van der Waals surface area contributed by atoms with Gasteiger partial charge < -0.3 is 9.47 Å². The molecule has 0 atom stereocenters. The molecule has 0 aliphatic carbocycles. The highest BCUT2D eigenvalue weighted by Crippen LogP contribution is 2.28. The van der Waals surface area contributed by atoms with Crippen molar-refractivity contribution in [2.75, 3.05) is 7.11 Å². The van der Waals surface area contributed by atoms with E-state index in [1.807, 2.05) is 13.8 Å². The SMILES string of the molecule is COc1ccc(F)cc1OC(=O)CC(C)C. The second-order valence-electron chi connectivity index (χ2n) is 3.87. The van der Waals surface area contributed by atoms with Crippen LogP contribution in [0.25, 0.3) is 0 Å². The molecular formula is C12H15FO3. The van der Waals surface area contributed by atoms with Crippen molar-refractivity contribution in [2.45, 2.75) is 20.3 Å². The number of carbonyl (C=O) groups is 1. The van der Waals surface area contributed by atoms with Crippen LogP contribution in [0.5, 0.6) is 11.5 Å². The number of carbonyl (C=O) groups excluding carboxylic acids is 1. The fourth-order valence-corrected chi connectivity index (χ4v) is 1.23. The lowest BCUT2D eigenvalue weighted by Crippen LogP contribution is -2.11. The largest absolute Gasteiger partial charge is 0.493 e. The van der Waals surface area contributed by atoms with Crippen LogP contribution in [0.15, 0.2) is 18.2 Å². The first-order valence-corrected chi connectivity index (χ1v) is 5.07. The maximum Gasteiger partial charge on any atom is 0.311 e. The molecule has 0 amide bonds. The number of ether oxygens (including phenoxy) is 2. The zero-order valence-electron chi connectivity index (χ0n) is 9.62. The molecule has 0 saturated heterocycles. The van der Waals surface area contributed by atoms with Gasteiger partial charge in [-0.25, -0.2) is 4.39 Å². The molecule has 1 aromatic carbocycles. The average Bonchev–Trinajstić information content (AvgIpc) is 2.16. The molecule has 3 nitrogen and oxygen atoms in total. The standard InChI is InChI=1S/C12H15FO3/c1-8(2)6-12(14)16-11-7-9(13)4-5-10(11)15-3/h4-5,7-8H,6H2,1-3H3. The summed E-state index contributed by atoms with van der Waals surface area (Å²) in [7, 11) is 1.44. The molecule has 0 aromatic heterocycles. The van der Waals surface area contributed by atoms with E-state index < -0.39 is 5.82 Å². The Morgan fingerprint density at radius 3 is 2.62 bits per heavy atom. The first-order valence-electron chi connectivity index (χ1n) is 5.07. The first-order chi connectivity index (χ1) is 7.52. The summed E-state index contributed by atoms with van der Waals surface area (Å²) < 4.78 is 22.9. The van der Waals surface area contributed by atoms with Crippen molar-refractivity contribution in [2.24, 2.45) is 5.92 Å². The first kappa shape index (κ1) is 12.5. The lowest BCUT2D eigenvalue weighted by molar-refractivity contribution is -0.135. The van der Waals surface area contributed by atoms with Gasteiger partial charge in [0.15, 0.2) is 11.5 Å². The number of esters is 1.